The van der Waals surface area contributed by atoms with E-state index in [1.807, 2.05) is 18.2 Å². The van der Waals surface area contributed by atoms with Crippen LogP contribution in [0.4, 0.5) is 11.4 Å². The standard InChI is InChI=1S/C14H22N2O2/c1-18-12-6-7-13(15)14(10-12)16-8-2-4-11(16)5-3-9-17/h6-7,10-11,17H,2-5,8-9,15H2,1H3. The van der Waals surface area contributed by atoms with Crippen molar-refractivity contribution in [2.24, 2.45) is 0 Å². The Labute approximate surface area is 108 Å². The first kappa shape index (κ1) is 13.0. The molecule has 1 saturated heterocycles. The first-order valence-electron chi connectivity index (χ1n) is 6.57. The summed E-state index contributed by atoms with van der Waals surface area (Å²) < 4.78 is 5.26. The maximum absolute atomic E-state index is 8.96. The molecule has 0 aliphatic carbocycles. The van der Waals surface area contributed by atoms with Gasteiger partial charge in [0.15, 0.2) is 0 Å². The summed E-state index contributed by atoms with van der Waals surface area (Å²) in [7, 11) is 1.67. The summed E-state index contributed by atoms with van der Waals surface area (Å²) in [5.41, 5.74) is 7.93. The summed E-state index contributed by atoms with van der Waals surface area (Å²) in [6.07, 6.45) is 4.24. The maximum Gasteiger partial charge on any atom is 0.121 e. The van der Waals surface area contributed by atoms with Gasteiger partial charge in [0.1, 0.15) is 5.75 Å². The zero-order valence-corrected chi connectivity index (χ0v) is 10.9. The van der Waals surface area contributed by atoms with Crippen LogP contribution < -0.4 is 15.4 Å². The average Bonchev–Trinajstić information content (AvgIpc) is 2.85. The van der Waals surface area contributed by atoms with Crippen molar-refractivity contribution >= 4 is 11.4 Å². The second kappa shape index (κ2) is 5.96. The van der Waals surface area contributed by atoms with Gasteiger partial charge in [-0.3, -0.25) is 0 Å². The molecule has 1 fully saturated rings. The minimum absolute atomic E-state index is 0.262. The molecular weight excluding hydrogens is 228 g/mol. The number of hydrogen-bond donors (Lipinski definition) is 2. The molecule has 4 nitrogen and oxygen atoms in total. The molecule has 0 bridgehead atoms. The second-order valence-corrected chi connectivity index (χ2v) is 4.78. The zero-order chi connectivity index (χ0) is 13.0. The van der Waals surface area contributed by atoms with Gasteiger partial charge < -0.3 is 20.5 Å². The largest absolute Gasteiger partial charge is 0.497 e. The number of nitrogen functional groups attached to an aromatic ring is 1. The molecular formula is C14H22N2O2. The van der Waals surface area contributed by atoms with Gasteiger partial charge in [-0.1, -0.05) is 0 Å². The highest BCUT2D eigenvalue weighted by Crippen LogP contribution is 2.34. The Morgan fingerprint density at radius 1 is 1.50 bits per heavy atom. The van der Waals surface area contributed by atoms with Crippen molar-refractivity contribution in [2.75, 3.05) is 30.9 Å². The molecule has 1 aliphatic heterocycles. The SMILES string of the molecule is COc1ccc(N)c(N2CCCC2CCCO)c1. The van der Waals surface area contributed by atoms with Crippen molar-refractivity contribution in [3.8, 4) is 5.75 Å². The van der Waals surface area contributed by atoms with Gasteiger partial charge in [0, 0.05) is 25.3 Å². The van der Waals surface area contributed by atoms with Crippen LogP contribution in [0.15, 0.2) is 18.2 Å². The summed E-state index contributed by atoms with van der Waals surface area (Å²) in [6.45, 7) is 1.30. The van der Waals surface area contributed by atoms with E-state index >= 15 is 0 Å². The zero-order valence-electron chi connectivity index (χ0n) is 10.9. The summed E-state index contributed by atoms with van der Waals surface area (Å²) in [5, 5.41) is 8.96. The lowest BCUT2D eigenvalue weighted by atomic mass is 10.1. The molecule has 0 amide bonds. The topological polar surface area (TPSA) is 58.7 Å². The molecule has 3 N–H and O–H groups in total. The molecule has 1 aromatic rings. The monoisotopic (exact) mass is 250 g/mol. The van der Waals surface area contributed by atoms with E-state index in [9.17, 15) is 0 Å². The van der Waals surface area contributed by atoms with E-state index in [0.29, 0.717) is 6.04 Å². The summed E-state index contributed by atoms with van der Waals surface area (Å²) in [4.78, 5) is 2.35. The lowest BCUT2D eigenvalue weighted by molar-refractivity contribution is 0.279. The van der Waals surface area contributed by atoms with E-state index in [2.05, 4.69) is 4.90 Å². The van der Waals surface area contributed by atoms with Crippen molar-refractivity contribution < 1.29 is 9.84 Å². The number of aliphatic hydroxyl groups excluding tert-OH is 1. The molecule has 0 spiro atoms. The Morgan fingerprint density at radius 2 is 2.33 bits per heavy atom. The van der Waals surface area contributed by atoms with Crippen LogP contribution in [0.1, 0.15) is 25.7 Å². The van der Waals surface area contributed by atoms with E-state index < -0.39 is 0 Å². The van der Waals surface area contributed by atoms with Crippen LogP contribution in [0.25, 0.3) is 0 Å². The number of hydrogen-bond acceptors (Lipinski definition) is 4. The van der Waals surface area contributed by atoms with Gasteiger partial charge in [-0.2, -0.15) is 0 Å². The van der Waals surface area contributed by atoms with E-state index in [1.54, 1.807) is 7.11 Å². The molecule has 2 rings (SSSR count). The second-order valence-electron chi connectivity index (χ2n) is 4.78. The first-order valence-corrected chi connectivity index (χ1v) is 6.57. The molecule has 1 aliphatic rings. The van der Waals surface area contributed by atoms with Crippen LogP contribution in [0.5, 0.6) is 5.75 Å². The van der Waals surface area contributed by atoms with E-state index in [0.717, 1.165) is 36.5 Å². The first-order chi connectivity index (χ1) is 8.76. The average molecular weight is 250 g/mol. The summed E-state index contributed by atoms with van der Waals surface area (Å²) in [5.74, 6) is 0.840. The highest BCUT2D eigenvalue weighted by Gasteiger charge is 2.25. The Balaban J connectivity index is 2.18. The Bertz CT molecular complexity index is 395. The molecule has 1 unspecified atom stereocenters. The number of anilines is 2. The van der Waals surface area contributed by atoms with Gasteiger partial charge in [0.25, 0.3) is 0 Å². The molecule has 1 aromatic carbocycles. The van der Waals surface area contributed by atoms with Gasteiger partial charge in [0.05, 0.1) is 18.5 Å². The number of rotatable bonds is 5. The van der Waals surface area contributed by atoms with Crippen LogP contribution in [0, 0.1) is 0 Å². The van der Waals surface area contributed by atoms with Crippen molar-refractivity contribution in [3.05, 3.63) is 18.2 Å². The number of methoxy groups -OCH3 is 1. The lowest BCUT2D eigenvalue weighted by Gasteiger charge is -2.28. The molecule has 100 valence electrons. The predicted molar refractivity (Wildman–Crippen MR) is 74.1 cm³/mol. The van der Waals surface area contributed by atoms with Crippen molar-refractivity contribution in [2.45, 2.75) is 31.7 Å². The third kappa shape index (κ3) is 2.70. The fourth-order valence-electron chi connectivity index (χ4n) is 2.68. The molecule has 18 heavy (non-hydrogen) atoms. The smallest absolute Gasteiger partial charge is 0.121 e. The number of aliphatic hydroxyl groups is 1. The van der Waals surface area contributed by atoms with Gasteiger partial charge in [0.2, 0.25) is 0 Å². The molecule has 4 heteroatoms. The molecule has 0 aromatic heterocycles. The van der Waals surface area contributed by atoms with Gasteiger partial charge in [-0.25, -0.2) is 0 Å². The Hall–Kier alpha value is -1.42. The Kier molecular flexibility index (Phi) is 4.31. The molecule has 0 saturated carbocycles. The van der Waals surface area contributed by atoms with Gasteiger partial charge in [-0.05, 0) is 37.8 Å². The highest BCUT2D eigenvalue weighted by atomic mass is 16.5. The number of nitrogens with two attached hydrogens (primary N) is 1. The Morgan fingerprint density at radius 3 is 3.06 bits per heavy atom. The molecule has 1 atom stereocenters. The van der Waals surface area contributed by atoms with Crippen LogP contribution in [0.3, 0.4) is 0 Å². The van der Waals surface area contributed by atoms with E-state index in [4.69, 9.17) is 15.6 Å². The minimum atomic E-state index is 0.262. The molecule has 1 heterocycles. The number of ether oxygens (including phenoxy) is 1. The number of benzene rings is 1. The number of nitrogens with zero attached hydrogens (tertiary/aromatic N) is 1. The lowest BCUT2D eigenvalue weighted by Crippen LogP contribution is -2.30. The van der Waals surface area contributed by atoms with Crippen molar-refractivity contribution in [1.29, 1.82) is 0 Å². The van der Waals surface area contributed by atoms with Crippen LogP contribution in [-0.4, -0.2) is 31.4 Å². The van der Waals surface area contributed by atoms with Gasteiger partial charge >= 0.3 is 0 Å². The highest BCUT2D eigenvalue weighted by molar-refractivity contribution is 5.70. The van der Waals surface area contributed by atoms with E-state index in [-0.39, 0.29) is 6.61 Å². The van der Waals surface area contributed by atoms with Crippen LogP contribution >= 0.6 is 0 Å². The fraction of sp³-hybridized carbons (Fsp3) is 0.571. The quantitative estimate of drug-likeness (QED) is 0.785. The van der Waals surface area contributed by atoms with Crippen molar-refractivity contribution in [3.63, 3.8) is 0 Å². The van der Waals surface area contributed by atoms with E-state index in [1.165, 1.54) is 12.8 Å². The summed E-state index contributed by atoms with van der Waals surface area (Å²) >= 11 is 0. The van der Waals surface area contributed by atoms with Crippen LogP contribution in [-0.2, 0) is 0 Å². The fourth-order valence-corrected chi connectivity index (χ4v) is 2.68. The predicted octanol–water partition coefficient (Wildman–Crippen LogP) is 2.02. The van der Waals surface area contributed by atoms with Gasteiger partial charge in [-0.15, -0.1) is 0 Å². The third-order valence-corrected chi connectivity index (χ3v) is 3.62. The summed E-state index contributed by atoms with van der Waals surface area (Å²) in [6, 6.07) is 6.28. The minimum Gasteiger partial charge on any atom is -0.497 e. The van der Waals surface area contributed by atoms with Crippen LogP contribution in [0.2, 0.25) is 0 Å². The maximum atomic E-state index is 8.96. The third-order valence-electron chi connectivity index (χ3n) is 3.62. The normalized spacial score (nSPS) is 19.2. The molecule has 0 radical (unpaired) electrons. The van der Waals surface area contributed by atoms with Crippen molar-refractivity contribution in [1.82, 2.24) is 0 Å².